The highest BCUT2D eigenvalue weighted by atomic mass is 35.5. The van der Waals surface area contributed by atoms with Crippen molar-refractivity contribution in [2.24, 2.45) is 0 Å². The van der Waals surface area contributed by atoms with Crippen molar-refractivity contribution in [1.29, 1.82) is 0 Å². The van der Waals surface area contributed by atoms with Gasteiger partial charge in [-0.15, -0.1) is 11.8 Å². The van der Waals surface area contributed by atoms with E-state index in [0.717, 1.165) is 31.2 Å². The van der Waals surface area contributed by atoms with Crippen LogP contribution in [0.2, 0.25) is 5.02 Å². The predicted octanol–water partition coefficient (Wildman–Crippen LogP) is 4.01. The SMILES string of the molecule is C[C@@H](NC(=O)CSc1ccc(Cl)cc1)[C@@H](c1ccccc1)N1CCOCC1. The molecule has 4 nitrogen and oxygen atoms in total. The zero-order valence-electron chi connectivity index (χ0n) is 15.4. The summed E-state index contributed by atoms with van der Waals surface area (Å²) in [5, 5.41) is 3.89. The maximum Gasteiger partial charge on any atom is 0.230 e. The number of hydrogen-bond donors (Lipinski definition) is 1. The van der Waals surface area contributed by atoms with Gasteiger partial charge in [0.15, 0.2) is 0 Å². The fraction of sp³-hybridized carbons (Fsp3) is 0.381. The molecule has 0 radical (unpaired) electrons. The first-order chi connectivity index (χ1) is 13.1. The van der Waals surface area contributed by atoms with Gasteiger partial charge in [0.25, 0.3) is 0 Å². The van der Waals surface area contributed by atoms with Gasteiger partial charge in [0.2, 0.25) is 5.91 Å². The zero-order valence-corrected chi connectivity index (χ0v) is 17.0. The number of nitrogens with zero attached hydrogens (tertiary/aromatic N) is 1. The van der Waals surface area contributed by atoms with Gasteiger partial charge in [-0.25, -0.2) is 0 Å². The molecule has 1 N–H and O–H groups in total. The van der Waals surface area contributed by atoms with E-state index >= 15 is 0 Å². The first kappa shape index (κ1) is 20.2. The Bertz CT molecular complexity index is 721. The number of carbonyl (C=O) groups is 1. The van der Waals surface area contributed by atoms with E-state index in [1.807, 2.05) is 42.5 Å². The minimum atomic E-state index is 0.00354. The molecule has 1 fully saturated rings. The van der Waals surface area contributed by atoms with Crippen LogP contribution >= 0.6 is 23.4 Å². The lowest BCUT2D eigenvalue weighted by Crippen LogP contribution is -2.48. The third-order valence-corrected chi connectivity index (χ3v) is 5.89. The predicted molar refractivity (Wildman–Crippen MR) is 111 cm³/mol. The maximum atomic E-state index is 12.5. The van der Waals surface area contributed by atoms with Crippen molar-refractivity contribution < 1.29 is 9.53 Å². The number of nitrogens with one attached hydrogen (secondary N) is 1. The third-order valence-electron chi connectivity index (χ3n) is 4.63. The van der Waals surface area contributed by atoms with Crippen molar-refractivity contribution in [1.82, 2.24) is 10.2 Å². The Morgan fingerprint density at radius 1 is 1.15 bits per heavy atom. The molecule has 1 heterocycles. The van der Waals surface area contributed by atoms with Gasteiger partial charge < -0.3 is 10.1 Å². The topological polar surface area (TPSA) is 41.6 Å². The smallest absolute Gasteiger partial charge is 0.230 e. The molecule has 1 aliphatic heterocycles. The quantitative estimate of drug-likeness (QED) is 0.708. The lowest BCUT2D eigenvalue weighted by molar-refractivity contribution is -0.119. The Kier molecular flexibility index (Phi) is 7.59. The fourth-order valence-electron chi connectivity index (χ4n) is 3.38. The summed E-state index contributed by atoms with van der Waals surface area (Å²) >= 11 is 7.43. The Labute approximate surface area is 170 Å². The van der Waals surface area contributed by atoms with Crippen LogP contribution in [0.5, 0.6) is 0 Å². The summed E-state index contributed by atoms with van der Waals surface area (Å²) in [6.45, 7) is 5.30. The second-order valence-corrected chi connectivity index (χ2v) is 8.09. The molecule has 0 aliphatic carbocycles. The van der Waals surface area contributed by atoms with Crippen LogP contribution in [0.3, 0.4) is 0 Å². The second kappa shape index (κ2) is 10.1. The molecule has 0 spiro atoms. The minimum absolute atomic E-state index is 0.00354. The average Bonchev–Trinajstić information content (AvgIpc) is 2.69. The second-order valence-electron chi connectivity index (χ2n) is 6.60. The molecule has 1 amide bonds. The molecule has 1 aliphatic rings. The lowest BCUT2D eigenvalue weighted by atomic mass is 9.98. The largest absolute Gasteiger partial charge is 0.379 e. The molecule has 6 heteroatoms. The molecular weight excluding hydrogens is 380 g/mol. The van der Waals surface area contributed by atoms with Crippen LogP contribution < -0.4 is 5.32 Å². The van der Waals surface area contributed by atoms with Crippen molar-refractivity contribution in [3.63, 3.8) is 0 Å². The van der Waals surface area contributed by atoms with Crippen LogP contribution in [-0.2, 0) is 9.53 Å². The highest BCUT2D eigenvalue weighted by Gasteiger charge is 2.28. The molecule has 27 heavy (non-hydrogen) atoms. The number of amides is 1. The monoisotopic (exact) mass is 404 g/mol. The van der Waals surface area contributed by atoms with E-state index in [9.17, 15) is 4.79 Å². The van der Waals surface area contributed by atoms with Gasteiger partial charge in [-0.2, -0.15) is 0 Å². The zero-order chi connectivity index (χ0) is 19.1. The van der Waals surface area contributed by atoms with Gasteiger partial charge in [0.1, 0.15) is 0 Å². The number of carbonyl (C=O) groups excluding carboxylic acids is 1. The Hall–Kier alpha value is -1.53. The van der Waals surface area contributed by atoms with E-state index in [1.54, 1.807) is 0 Å². The number of rotatable bonds is 7. The van der Waals surface area contributed by atoms with Crippen LogP contribution in [0.1, 0.15) is 18.5 Å². The number of morpholine rings is 1. The molecule has 2 aromatic rings. The lowest BCUT2D eigenvalue weighted by Gasteiger charge is -2.38. The van der Waals surface area contributed by atoms with Crippen LogP contribution in [0.4, 0.5) is 0 Å². The van der Waals surface area contributed by atoms with Crippen LogP contribution in [-0.4, -0.2) is 48.9 Å². The van der Waals surface area contributed by atoms with E-state index in [0.29, 0.717) is 10.8 Å². The maximum absolute atomic E-state index is 12.5. The van der Waals surface area contributed by atoms with Gasteiger partial charge in [-0.05, 0) is 36.8 Å². The first-order valence-corrected chi connectivity index (χ1v) is 10.5. The molecule has 0 aromatic heterocycles. The van der Waals surface area contributed by atoms with Crippen LogP contribution in [0.25, 0.3) is 0 Å². The van der Waals surface area contributed by atoms with Gasteiger partial charge in [0.05, 0.1) is 25.0 Å². The van der Waals surface area contributed by atoms with E-state index in [4.69, 9.17) is 16.3 Å². The summed E-state index contributed by atoms with van der Waals surface area (Å²) in [4.78, 5) is 15.9. The first-order valence-electron chi connectivity index (χ1n) is 9.18. The molecule has 2 aromatic carbocycles. The van der Waals surface area contributed by atoms with Gasteiger partial charge in [-0.3, -0.25) is 9.69 Å². The third kappa shape index (κ3) is 5.98. The van der Waals surface area contributed by atoms with Crippen molar-refractivity contribution in [3.8, 4) is 0 Å². The Morgan fingerprint density at radius 2 is 1.81 bits per heavy atom. The number of benzene rings is 2. The number of halogens is 1. The summed E-state index contributed by atoms with van der Waals surface area (Å²) in [6, 6.07) is 18.1. The molecular formula is C21H25ClN2O2S. The Morgan fingerprint density at radius 3 is 2.48 bits per heavy atom. The molecule has 144 valence electrons. The molecule has 0 bridgehead atoms. The molecule has 0 unspecified atom stereocenters. The van der Waals surface area contributed by atoms with E-state index < -0.39 is 0 Å². The van der Waals surface area contributed by atoms with Crippen molar-refractivity contribution in [2.45, 2.75) is 23.9 Å². The number of ether oxygens (including phenoxy) is 1. The minimum Gasteiger partial charge on any atom is -0.379 e. The van der Waals surface area contributed by atoms with E-state index in [-0.39, 0.29) is 18.0 Å². The number of hydrogen-bond acceptors (Lipinski definition) is 4. The average molecular weight is 405 g/mol. The van der Waals surface area contributed by atoms with Crippen molar-refractivity contribution in [3.05, 3.63) is 65.2 Å². The van der Waals surface area contributed by atoms with Gasteiger partial charge >= 0.3 is 0 Å². The molecule has 2 atom stereocenters. The molecule has 3 rings (SSSR count). The highest BCUT2D eigenvalue weighted by Crippen LogP contribution is 2.26. The Balaban J connectivity index is 1.61. The summed E-state index contributed by atoms with van der Waals surface area (Å²) in [7, 11) is 0. The standard InChI is InChI=1S/C21H25ClN2O2S/c1-16(23-20(25)15-27-19-9-7-18(22)8-10-19)21(17-5-3-2-4-6-17)24-11-13-26-14-12-24/h2-10,16,21H,11-15H2,1H3,(H,23,25)/t16-,21+/m1/s1. The van der Waals surface area contributed by atoms with Crippen LogP contribution in [0.15, 0.2) is 59.5 Å². The molecule has 1 saturated heterocycles. The normalized spacial score (nSPS) is 17.3. The summed E-state index contributed by atoms with van der Waals surface area (Å²) in [6.07, 6.45) is 0. The molecule has 0 saturated carbocycles. The summed E-state index contributed by atoms with van der Waals surface area (Å²) in [5.74, 6) is 0.424. The number of thioether (sulfide) groups is 1. The van der Waals surface area contributed by atoms with Crippen molar-refractivity contribution in [2.75, 3.05) is 32.1 Å². The van der Waals surface area contributed by atoms with Crippen molar-refractivity contribution >= 4 is 29.3 Å². The fourth-order valence-corrected chi connectivity index (χ4v) is 4.21. The van der Waals surface area contributed by atoms with Gasteiger partial charge in [-0.1, -0.05) is 41.9 Å². The van der Waals surface area contributed by atoms with E-state index in [1.165, 1.54) is 17.3 Å². The van der Waals surface area contributed by atoms with Crippen LogP contribution in [0, 0.1) is 0 Å². The van der Waals surface area contributed by atoms with E-state index in [2.05, 4.69) is 29.3 Å². The van der Waals surface area contributed by atoms with Gasteiger partial charge in [0, 0.05) is 29.0 Å². The highest BCUT2D eigenvalue weighted by molar-refractivity contribution is 8.00. The summed E-state index contributed by atoms with van der Waals surface area (Å²) in [5.41, 5.74) is 1.22. The summed E-state index contributed by atoms with van der Waals surface area (Å²) < 4.78 is 5.50.